The molecule has 0 aromatic heterocycles. The summed E-state index contributed by atoms with van der Waals surface area (Å²) < 4.78 is 0. The molecule has 0 fully saturated rings. The van der Waals surface area contributed by atoms with Gasteiger partial charge in [-0.15, -0.1) is 0 Å². The summed E-state index contributed by atoms with van der Waals surface area (Å²) in [4.78, 5) is 13.8. The van der Waals surface area contributed by atoms with Crippen LogP contribution in [0.15, 0.2) is 16.8 Å². The average molecular weight is 140 g/mol. The van der Waals surface area contributed by atoms with E-state index in [1.807, 2.05) is 13.8 Å². The first kappa shape index (κ1) is 8.88. The maximum atomic E-state index is 9.85. The molecule has 0 atom stereocenters. The molecule has 1 amide bonds. The predicted octanol–water partition coefficient (Wildman–Crippen LogP) is 1.07. The van der Waals surface area contributed by atoms with E-state index >= 15 is 0 Å². The first-order chi connectivity index (χ1) is 4.66. The molecule has 1 N–H and O–H groups in total. The third-order valence-corrected chi connectivity index (χ3v) is 0.784. The third kappa shape index (κ3) is 5.03. The van der Waals surface area contributed by atoms with Crippen LogP contribution >= 0.6 is 0 Å². The highest BCUT2D eigenvalue weighted by Crippen LogP contribution is 1.87. The summed E-state index contributed by atoms with van der Waals surface area (Å²) in [5.74, 6) is 0.608. The van der Waals surface area contributed by atoms with E-state index in [1.54, 1.807) is 13.1 Å². The zero-order valence-corrected chi connectivity index (χ0v) is 6.51. The van der Waals surface area contributed by atoms with Crippen molar-refractivity contribution in [1.29, 1.82) is 0 Å². The number of amidine groups is 1. The van der Waals surface area contributed by atoms with Crippen molar-refractivity contribution in [2.24, 2.45) is 4.99 Å². The molecule has 0 saturated carbocycles. The van der Waals surface area contributed by atoms with Crippen LogP contribution in [-0.4, -0.2) is 12.2 Å². The first-order valence-electron chi connectivity index (χ1n) is 3.04. The van der Waals surface area contributed by atoms with Gasteiger partial charge >= 0.3 is 0 Å². The highest BCUT2D eigenvalue weighted by molar-refractivity contribution is 5.88. The van der Waals surface area contributed by atoms with Crippen molar-refractivity contribution in [3.63, 3.8) is 0 Å². The van der Waals surface area contributed by atoms with Gasteiger partial charge < -0.3 is 5.32 Å². The fraction of sp³-hybridized carbons (Fsp3) is 0.429. The van der Waals surface area contributed by atoms with Crippen molar-refractivity contribution >= 4 is 12.2 Å². The van der Waals surface area contributed by atoms with Gasteiger partial charge in [-0.3, -0.25) is 4.79 Å². The molecule has 0 rings (SSSR count). The lowest BCUT2D eigenvalue weighted by Crippen LogP contribution is -2.16. The molecule has 3 nitrogen and oxygen atoms in total. The van der Waals surface area contributed by atoms with Crippen LogP contribution in [0.1, 0.15) is 20.8 Å². The van der Waals surface area contributed by atoms with Gasteiger partial charge in [0.1, 0.15) is 5.84 Å². The van der Waals surface area contributed by atoms with Crippen LogP contribution in [0.3, 0.4) is 0 Å². The van der Waals surface area contributed by atoms with Crippen molar-refractivity contribution in [2.45, 2.75) is 20.8 Å². The molecule has 0 aliphatic carbocycles. The quantitative estimate of drug-likeness (QED) is 0.348. The average Bonchev–Trinajstić information content (AvgIpc) is 1.85. The Kier molecular flexibility index (Phi) is 4.20. The molecule has 0 unspecified atom stereocenters. The molecule has 0 aliphatic rings. The van der Waals surface area contributed by atoms with Crippen molar-refractivity contribution in [2.75, 3.05) is 0 Å². The van der Waals surface area contributed by atoms with E-state index in [0.29, 0.717) is 12.2 Å². The van der Waals surface area contributed by atoms with Gasteiger partial charge in [-0.25, -0.2) is 4.99 Å². The molecule has 56 valence electrons. The Labute approximate surface area is 60.8 Å². The second kappa shape index (κ2) is 4.73. The van der Waals surface area contributed by atoms with E-state index in [4.69, 9.17) is 0 Å². The Bertz CT molecular complexity index is 166. The summed E-state index contributed by atoms with van der Waals surface area (Å²) in [7, 11) is 0. The van der Waals surface area contributed by atoms with Crippen LogP contribution in [0.5, 0.6) is 0 Å². The number of hydrogen-bond acceptors (Lipinski definition) is 2. The lowest BCUT2D eigenvalue weighted by molar-refractivity contribution is -0.108. The number of allylic oxidation sites excluding steroid dienone is 1. The van der Waals surface area contributed by atoms with Crippen LogP contribution in [0, 0.1) is 0 Å². The van der Waals surface area contributed by atoms with E-state index in [9.17, 15) is 4.79 Å². The zero-order chi connectivity index (χ0) is 7.98. The predicted molar refractivity (Wildman–Crippen MR) is 41.7 cm³/mol. The van der Waals surface area contributed by atoms with Crippen LogP contribution in [0.25, 0.3) is 0 Å². The Morgan fingerprint density at radius 1 is 1.40 bits per heavy atom. The topological polar surface area (TPSA) is 41.5 Å². The lowest BCUT2D eigenvalue weighted by atomic mass is 10.4. The summed E-state index contributed by atoms with van der Waals surface area (Å²) in [5, 5.41) is 2.43. The minimum Gasteiger partial charge on any atom is -0.317 e. The minimum atomic E-state index is 0.608. The minimum absolute atomic E-state index is 0.608. The Hall–Kier alpha value is -1.12. The number of carbonyl (C=O) groups excluding carboxylic acids is 1. The van der Waals surface area contributed by atoms with Crippen LogP contribution in [-0.2, 0) is 4.79 Å². The monoisotopic (exact) mass is 140 g/mol. The fourth-order valence-corrected chi connectivity index (χ4v) is 0.348. The summed E-state index contributed by atoms with van der Waals surface area (Å²) in [5.41, 5.74) is 1.10. The van der Waals surface area contributed by atoms with Gasteiger partial charge in [0.2, 0.25) is 6.41 Å². The number of rotatable bonds is 2. The number of carbonyl (C=O) groups is 1. The summed E-state index contributed by atoms with van der Waals surface area (Å²) in [6.45, 7) is 5.61. The van der Waals surface area contributed by atoms with Crippen molar-refractivity contribution in [1.82, 2.24) is 5.32 Å². The standard InChI is InChI=1S/C7H12N2O/c1-6(2)4-8-7(3)9-5-10/h4-5H,1-3H3,(H,8,9,10). The Morgan fingerprint density at radius 3 is 2.40 bits per heavy atom. The Balaban J connectivity index is 3.91. The maximum absolute atomic E-state index is 9.85. The SMILES string of the molecule is CC(C)=CN=C(C)NC=O. The number of nitrogens with one attached hydrogen (secondary N) is 1. The van der Waals surface area contributed by atoms with Gasteiger partial charge in [0.05, 0.1) is 0 Å². The second-order valence-electron chi connectivity index (χ2n) is 2.18. The molecule has 0 aromatic carbocycles. The lowest BCUT2D eigenvalue weighted by Gasteiger charge is -1.92. The highest BCUT2D eigenvalue weighted by Gasteiger charge is 1.81. The van der Waals surface area contributed by atoms with E-state index in [-0.39, 0.29) is 0 Å². The molecule has 0 radical (unpaired) electrons. The summed E-state index contributed by atoms with van der Waals surface area (Å²) in [6.07, 6.45) is 2.31. The number of aliphatic imine (C=N–C) groups is 1. The third-order valence-electron chi connectivity index (χ3n) is 0.784. The molecular weight excluding hydrogens is 128 g/mol. The van der Waals surface area contributed by atoms with Gasteiger partial charge in [-0.2, -0.15) is 0 Å². The number of nitrogens with zero attached hydrogens (tertiary/aromatic N) is 1. The largest absolute Gasteiger partial charge is 0.317 e. The van der Waals surface area contributed by atoms with E-state index in [2.05, 4.69) is 10.3 Å². The summed E-state index contributed by atoms with van der Waals surface area (Å²) >= 11 is 0. The van der Waals surface area contributed by atoms with Gasteiger partial charge in [0.25, 0.3) is 0 Å². The van der Waals surface area contributed by atoms with Crippen molar-refractivity contribution in [3.05, 3.63) is 11.8 Å². The molecule has 0 saturated heterocycles. The smallest absolute Gasteiger partial charge is 0.212 e. The van der Waals surface area contributed by atoms with E-state index < -0.39 is 0 Å². The molecule has 10 heavy (non-hydrogen) atoms. The molecule has 0 heterocycles. The fourth-order valence-electron chi connectivity index (χ4n) is 0.348. The number of hydrogen-bond donors (Lipinski definition) is 1. The van der Waals surface area contributed by atoms with Gasteiger partial charge in [0, 0.05) is 6.20 Å². The first-order valence-corrected chi connectivity index (χ1v) is 3.04. The van der Waals surface area contributed by atoms with Crippen LogP contribution < -0.4 is 5.32 Å². The van der Waals surface area contributed by atoms with Gasteiger partial charge in [-0.1, -0.05) is 5.57 Å². The zero-order valence-electron chi connectivity index (χ0n) is 6.51. The maximum Gasteiger partial charge on any atom is 0.212 e. The highest BCUT2D eigenvalue weighted by atomic mass is 16.1. The van der Waals surface area contributed by atoms with E-state index in [0.717, 1.165) is 5.57 Å². The van der Waals surface area contributed by atoms with Gasteiger partial charge in [-0.05, 0) is 20.8 Å². The molecular formula is C7H12N2O. The summed E-state index contributed by atoms with van der Waals surface area (Å²) in [6, 6.07) is 0. The van der Waals surface area contributed by atoms with Gasteiger partial charge in [0.15, 0.2) is 0 Å². The normalized spacial score (nSPS) is 10.5. The van der Waals surface area contributed by atoms with Crippen LogP contribution in [0.2, 0.25) is 0 Å². The molecule has 0 bridgehead atoms. The number of amides is 1. The van der Waals surface area contributed by atoms with E-state index in [1.165, 1.54) is 0 Å². The van der Waals surface area contributed by atoms with Crippen molar-refractivity contribution in [3.8, 4) is 0 Å². The molecule has 0 aliphatic heterocycles. The van der Waals surface area contributed by atoms with Crippen molar-refractivity contribution < 1.29 is 4.79 Å². The Morgan fingerprint density at radius 2 is 2.00 bits per heavy atom. The molecule has 0 aromatic rings. The van der Waals surface area contributed by atoms with Crippen LogP contribution in [0.4, 0.5) is 0 Å². The molecule has 3 heteroatoms. The second-order valence-corrected chi connectivity index (χ2v) is 2.18. The molecule has 0 spiro atoms.